The highest BCUT2D eigenvalue weighted by atomic mass is 35.5. The summed E-state index contributed by atoms with van der Waals surface area (Å²) in [5.74, 6) is 0.567. The third-order valence-electron chi connectivity index (χ3n) is 4.28. The SMILES string of the molecule is COc1c(Cl)cc(Cl)cc1C=NNc1nc2c(c(=O)n(C)c(=O)n2C)n1CCO. The third-order valence-corrected chi connectivity index (χ3v) is 4.78. The molecule has 0 aliphatic carbocycles. The van der Waals surface area contributed by atoms with Crippen LogP contribution in [0.4, 0.5) is 5.95 Å². The molecule has 0 aliphatic heterocycles. The molecule has 29 heavy (non-hydrogen) atoms. The Hall–Kier alpha value is -2.82. The molecule has 0 spiro atoms. The highest BCUT2D eigenvalue weighted by molar-refractivity contribution is 6.36. The number of hydrogen-bond donors (Lipinski definition) is 2. The van der Waals surface area contributed by atoms with Gasteiger partial charge in [-0.1, -0.05) is 23.2 Å². The summed E-state index contributed by atoms with van der Waals surface area (Å²) in [6.45, 7) is -0.165. The average molecular weight is 441 g/mol. The van der Waals surface area contributed by atoms with Crippen LogP contribution in [0.1, 0.15) is 5.56 Å². The molecule has 2 aromatic heterocycles. The Balaban J connectivity index is 2.08. The molecule has 2 heterocycles. The van der Waals surface area contributed by atoms with Crippen LogP contribution in [0.3, 0.4) is 0 Å². The van der Waals surface area contributed by atoms with E-state index in [0.717, 1.165) is 4.57 Å². The fourth-order valence-corrected chi connectivity index (χ4v) is 3.49. The molecule has 154 valence electrons. The normalized spacial score (nSPS) is 11.5. The Morgan fingerprint density at radius 1 is 1.28 bits per heavy atom. The number of hydrazone groups is 1. The van der Waals surface area contributed by atoms with Gasteiger partial charge in [0.15, 0.2) is 11.2 Å². The second kappa shape index (κ2) is 8.27. The second-order valence-electron chi connectivity index (χ2n) is 6.07. The molecule has 2 N–H and O–H groups in total. The number of benzene rings is 1. The van der Waals surface area contributed by atoms with Crippen LogP contribution in [0.25, 0.3) is 11.2 Å². The summed E-state index contributed by atoms with van der Waals surface area (Å²) < 4.78 is 8.94. The zero-order chi connectivity index (χ0) is 21.3. The lowest BCUT2D eigenvalue weighted by molar-refractivity contribution is 0.278. The summed E-state index contributed by atoms with van der Waals surface area (Å²) in [5, 5.41) is 14.2. The summed E-state index contributed by atoms with van der Waals surface area (Å²) in [6, 6.07) is 3.16. The van der Waals surface area contributed by atoms with Gasteiger partial charge in [-0.15, -0.1) is 0 Å². The zero-order valence-corrected chi connectivity index (χ0v) is 17.3. The molecule has 3 aromatic rings. The van der Waals surface area contributed by atoms with Crippen LogP contribution < -0.4 is 21.4 Å². The number of imidazole rings is 1. The molecule has 0 saturated carbocycles. The van der Waals surface area contributed by atoms with Crippen molar-refractivity contribution in [2.45, 2.75) is 6.54 Å². The number of nitrogens with zero attached hydrogens (tertiary/aromatic N) is 5. The Morgan fingerprint density at radius 3 is 2.66 bits per heavy atom. The van der Waals surface area contributed by atoms with Gasteiger partial charge >= 0.3 is 5.69 Å². The number of methoxy groups -OCH3 is 1. The van der Waals surface area contributed by atoms with Gasteiger partial charge in [-0.25, -0.2) is 10.2 Å². The van der Waals surface area contributed by atoms with Gasteiger partial charge in [0.05, 0.1) is 25.0 Å². The number of aromatic nitrogens is 4. The molecule has 0 fully saturated rings. The van der Waals surface area contributed by atoms with E-state index in [-0.39, 0.29) is 30.3 Å². The molecular weight excluding hydrogens is 423 g/mol. The van der Waals surface area contributed by atoms with Crippen molar-refractivity contribution in [1.82, 2.24) is 18.7 Å². The predicted octanol–water partition coefficient (Wildman–Crippen LogP) is 1.19. The molecule has 3 rings (SSSR count). The van der Waals surface area contributed by atoms with Crippen LogP contribution in [0, 0.1) is 0 Å². The van der Waals surface area contributed by atoms with Crippen molar-refractivity contribution in [1.29, 1.82) is 0 Å². The van der Waals surface area contributed by atoms with Gasteiger partial charge in [-0.05, 0) is 12.1 Å². The van der Waals surface area contributed by atoms with Crippen molar-refractivity contribution in [2.75, 3.05) is 19.1 Å². The molecule has 0 aliphatic rings. The third kappa shape index (κ3) is 3.74. The van der Waals surface area contributed by atoms with Crippen molar-refractivity contribution in [3.63, 3.8) is 0 Å². The van der Waals surface area contributed by atoms with Crippen LogP contribution in [-0.2, 0) is 20.6 Å². The van der Waals surface area contributed by atoms with Crippen molar-refractivity contribution in [3.05, 3.63) is 48.6 Å². The van der Waals surface area contributed by atoms with E-state index in [2.05, 4.69) is 15.5 Å². The maximum atomic E-state index is 12.6. The minimum absolute atomic E-state index is 0.0775. The summed E-state index contributed by atoms with van der Waals surface area (Å²) in [5.41, 5.74) is 2.55. The molecule has 12 heteroatoms. The number of hydrogen-bond acceptors (Lipinski definition) is 7. The van der Waals surface area contributed by atoms with E-state index < -0.39 is 11.2 Å². The van der Waals surface area contributed by atoms with Crippen molar-refractivity contribution in [3.8, 4) is 5.75 Å². The van der Waals surface area contributed by atoms with Gasteiger partial charge in [0.2, 0.25) is 5.95 Å². The number of ether oxygens (including phenoxy) is 1. The number of aliphatic hydroxyl groups excluding tert-OH is 1. The van der Waals surface area contributed by atoms with E-state index in [1.54, 1.807) is 12.1 Å². The summed E-state index contributed by atoms with van der Waals surface area (Å²) in [6.07, 6.45) is 1.43. The van der Waals surface area contributed by atoms with Gasteiger partial charge in [0.1, 0.15) is 5.75 Å². The molecule has 0 bridgehead atoms. The molecule has 0 amide bonds. The number of nitrogens with one attached hydrogen (secondary N) is 1. The van der Waals surface area contributed by atoms with Gasteiger partial charge in [0, 0.05) is 31.2 Å². The largest absolute Gasteiger partial charge is 0.495 e. The Morgan fingerprint density at radius 2 is 2.00 bits per heavy atom. The molecule has 0 atom stereocenters. The van der Waals surface area contributed by atoms with Crippen molar-refractivity contribution in [2.24, 2.45) is 19.2 Å². The standard InChI is InChI=1S/C17H18Cl2N6O4/c1-23-14-12(15(27)24(2)17(23)28)25(4-5-26)16(21-14)22-20-8-9-6-10(18)7-11(19)13(9)29-3/h6-8,26H,4-5H2,1-3H3,(H,21,22). The van der Waals surface area contributed by atoms with Gasteiger partial charge in [-0.2, -0.15) is 10.1 Å². The fraction of sp³-hybridized carbons (Fsp3) is 0.294. The van der Waals surface area contributed by atoms with Gasteiger partial charge in [-0.3, -0.25) is 13.9 Å². The van der Waals surface area contributed by atoms with E-state index >= 15 is 0 Å². The maximum Gasteiger partial charge on any atom is 0.332 e. The van der Waals surface area contributed by atoms with Crippen LogP contribution in [0.15, 0.2) is 26.8 Å². The quantitative estimate of drug-likeness (QED) is 0.439. The molecule has 0 unspecified atom stereocenters. The molecule has 0 saturated heterocycles. The summed E-state index contributed by atoms with van der Waals surface area (Å²) in [4.78, 5) is 29.0. The van der Waals surface area contributed by atoms with E-state index in [1.165, 1.54) is 36.6 Å². The minimum atomic E-state index is -0.524. The molecule has 10 nitrogen and oxygen atoms in total. The Kier molecular flexibility index (Phi) is 5.96. The summed E-state index contributed by atoms with van der Waals surface area (Å²) in [7, 11) is 4.35. The van der Waals surface area contributed by atoms with Gasteiger partial charge in [0.25, 0.3) is 5.56 Å². The number of aliphatic hydroxyl groups is 1. The second-order valence-corrected chi connectivity index (χ2v) is 6.91. The lowest BCUT2D eigenvalue weighted by Crippen LogP contribution is -2.37. The monoisotopic (exact) mass is 440 g/mol. The maximum absolute atomic E-state index is 12.6. The lowest BCUT2D eigenvalue weighted by atomic mass is 10.2. The fourth-order valence-electron chi connectivity index (χ4n) is 2.90. The number of halogens is 2. The zero-order valence-electron chi connectivity index (χ0n) is 15.8. The van der Waals surface area contributed by atoms with E-state index in [0.29, 0.717) is 21.4 Å². The minimum Gasteiger partial charge on any atom is -0.495 e. The number of rotatable bonds is 6. The van der Waals surface area contributed by atoms with Crippen LogP contribution in [0.5, 0.6) is 5.75 Å². The van der Waals surface area contributed by atoms with Crippen LogP contribution in [0.2, 0.25) is 10.0 Å². The van der Waals surface area contributed by atoms with Crippen LogP contribution in [-0.4, -0.2) is 43.7 Å². The number of anilines is 1. The van der Waals surface area contributed by atoms with E-state index in [1.807, 2.05) is 0 Å². The van der Waals surface area contributed by atoms with Crippen molar-refractivity contribution >= 4 is 46.5 Å². The van der Waals surface area contributed by atoms with Gasteiger partial charge < -0.3 is 14.4 Å². The molecule has 1 aromatic carbocycles. The lowest BCUT2D eigenvalue weighted by Gasteiger charge is -2.08. The first-order chi connectivity index (χ1) is 13.8. The van der Waals surface area contributed by atoms with Crippen LogP contribution >= 0.6 is 23.2 Å². The molecule has 0 radical (unpaired) electrons. The first-order valence-electron chi connectivity index (χ1n) is 8.39. The predicted molar refractivity (Wildman–Crippen MR) is 112 cm³/mol. The first-order valence-corrected chi connectivity index (χ1v) is 9.15. The first kappa shape index (κ1) is 20.9. The smallest absolute Gasteiger partial charge is 0.332 e. The Labute approximate surface area is 174 Å². The van der Waals surface area contributed by atoms with E-state index in [4.69, 9.17) is 27.9 Å². The number of aryl methyl sites for hydroxylation is 1. The molecular formula is C17H18Cl2N6O4. The van der Waals surface area contributed by atoms with Crippen molar-refractivity contribution < 1.29 is 9.84 Å². The number of fused-ring (bicyclic) bond motifs is 1. The topological polar surface area (TPSA) is 116 Å². The highest BCUT2D eigenvalue weighted by Gasteiger charge is 2.18. The Bertz CT molecular complexity index is 1230. The summed E-state index contributed by atoms with van der Waals surface area (Å²) >= 11 is 12.1. The highest BCUT2D eigenvalue weighted by Crippen LogP contribution is 2.31. The van der Waals surface area contributed by atoms with E-state index in [9.17, 15) is 14.7 Å². The average Bonchev–Trinajstić information content (AvgIpc) is 3.03.